The van der Waals surface area contributed by atoms with Gasteiger partial charge in [-0.25, -0.2) is 0 Å². The summed E-state index contributed by atoms with van der Waals surface area (Å²) in [5, 5.41) is 13.4. The maximum Gasteiger partial charge on any atom is 0.303 e. The Kier molecular flexibility index (Phi) is 7.29. The molecule has 0 saturated heterocycles. The van der Waals surface area contributed by atoms with Gasteiger partial charge in [0.2, 0.25) is 0 Å². The quantitative estimate of drug-likeness (QED) is 0.643. The molecule has 1 heterocycles. The van der Waals surface area contributed by atoms with Crippen molar-refractivity contribution in [1.29, 1.82) is 0 Å². The number of carboxylic acid groups (broad SMARTS) is 1. The third-order valence-corrected chi connectivity index (χ3v) is 4.26. The topological polar surface area (TPSA) is 75.6 Å². The summed E-state index contributed by atoms with van der Waals surface area (Å²) in [6, 6.07) is 11.1. The first kappa shape index (κ1) is 18.0. The lowest BCUT2D eigenvalue weighted by atomic mass is 10.1. The minimum absolute atomic E-state index is 0.144. The second kappa shape index (κ2) is 9.72. The van der Waals surface area contributed by atoms with Gasteiger partial charge in [0.1, 0.15) is 12.4 Å². The second-order valence-corrected chi connectivity index (χ2v) is 6.39. The molecule has 2 rings (SSSR count). The number of nitrogens with one attached hydrogen (secondary N) is 1. The van der Waals surface area contributed by atoms with Gasteiger partial charge in [-0.1, -0.05) is 18.6 Å². The number of amides is 1. The van der Waals surface area contributed by atoms with Crippen LogP contribution in [-0.4, -0.2) is 23.5 Å². The van der Waals surface area contributed by atoms with Crippen molar-refractivity contribution < 1.29 is 19.4 Å². The summed E-state index contributed by atoms with van der Waals surface area (Å²) < 4.78 is 5.70. The molecule has 24 heavy (non-hydrogen) atoms. The van der Waals surface area contributed by atoms with E-state index in [2.05, 4.69) is 5.32 Å². The molecule has 0 fully saturated rings. The van der Waals surface area contributed by atoms with Crippen LogP contribution >= 0.6 is 11.3 Å². The number of rotatable bonds is 10. The summed E-state index contributed by atoms with van der Waals surface area (Å²) >= 11 is 1.63. The molecule has 0 unspecified atom stereocenters. The van der Waals surface area contributed by atoms with Crippen molar-refractivity contribution in [2.45, 2.75) is 32.3 Å². The van der Waals surface area contributed by atoms with Crippen molar-refractivity contribution >= 4 is 23.2 Å². The normalized spacial score (nSPS) is 10.3. The van der Waals surface area contributed by atoms with E-state index < -0.39 is 5.97 Å². The lowest BCUT2D eigenvalue weighted by Gasteiger charge is -2.08. The number of hydrogen-bond donors (Lipinski definition) is 2. The average Bonchev–Trinajstić information content (AvgIpc) is 3.09. The van der Waals surface area contributed by atoms with Gasteiger partial charge in [0, 0.05) is 23.4 Å². The fourth-order valence-corrected chi connectivity index (χ4v) is 2.77. The van der Waals surface area contributed by atoms with E-state index in [4.69, 9.17) is 9.84 Å². The Balaban J connectivity index is 1.73. The van der Waals surface area contributed by atoms with Crippen LogP contribution in [0.15, 0.2) is 41.8 Å². The van der Waals surface area contributed by atoms with Gasteiger partial charge in [-0.05, 0) is 42.5 Å². The van der Waals surface area contributed by atoms with Crippen molar-refractivity contribution in [1.82, 2.24) is 5.32 Å². The number of carboxylic acids is 1. The van der Waals surface area contributed by atoms with Gasteiger partial charge in [-0.2, -0.15) is 0 Å². The Morgan fingerprint density at radius 3 is 2.75 bits per heavy atom. The van der Waals surface area contributed by atoms with Gasteiger partial charge in [-0.15, -0.1) is 11.3 Å². The van der Waals surface area contributed by atoms with Crippen LogP contribution < -0.4 is 10.1 Å². The number of ether oxygens (including phenoxy) is 1. The van der Waals surface area contributed by atoms with E-state index in [1.54, 1.807) is 29.5 Å². The van der Waals surface area contributed by atoms with Gasteiger partial charge >= 0.3 is 5.97 Å². The molecule has 0 spiro atoms. The van der Waals surface area contributed by atoms with Crippen LogP contribution in [0.2, 0.25) is 0 Å². The molecular weight excluding hydrogens is 326 g/mol. The van der Waals surface area contributed by atoms with Gasteiger partial charge in [0.15, 0.2) is 0 Å². The van der Waals surface area contributed by atoms with E-state index in [9.17, 15) is 9.59 Å². The molecular formula is C18H21NO4S. The molecule has 6 heteroatoms. The highest BCUT2D eigenvalue weighted by Crippen LogP contribution is 2.17. The van der Waals surface area contributed by atoms with Crippen LogP contribution in [0.25, 0.3) is 0 Å². The number of unbranched alkanes of at least 4 members (excludes halogenated alkanes) is 2. The number of carbonyl (C=O) groups is 2. The van der Waals surface area contributed by atoms with Crippen molar-refractivity contribution in [3.05, 3.63) is 52.2 Å². The molecule has 1 aromatic carbocycles. The summed E-state index contributed by atoms with van der Waals surface area (Å²) in [7, 11) is 0. The molecule has 0 aliphatic carbocycles. The van der Waals surface area contributed by atoms with Crippen LogP contribution in [0.3, 0.4) is 0 Å². The number of benzene rings is 1. The summed E-state index contributed by atoms with van der Waals surface area (Å²) in [4.78, 5) is 23.6. The Morgan fingerprint density at radius 2 is 2.00 bits per heavy atom. The number of thiophene rings is 1. The maximum absolute atomic E-state index is 12.1. The van der Waals surface area contributed by atoms with E-state index in [1.165, 1.54) is 0 Å². The standard InChI is InChI=1S/C18H21NO4S/c20-17(21)9-2-1-3-10-19-18(22)14-6-4-7-15(12-14)23-13-16-8-5-11-24-16/h4-8,11-12H,1-3,9-10,13H2,(H,19,22)(H,20,21). The molecule has 128 valence electrons. The first-order valence-corrected chi connectivity index (χ1v) is 8.78. The largest absolute Gasteiger partial charge is 0.488 e. The lowest BCUT2D eigenvalue weighted by molar-refractivity contribution is -0.137. The third kappa shape index (κ3) is 6.42. The first-order chi connectivity index (χ1) is 11.6. The van der Waals surface area contributed by atoms with Gasteiger partial charge < -0.3 is 15.2 Å². The first-order valence-electron chi connectivity index (χ1n) is 7.90. The zero-order chi connectivity index (χ0) is 17.2. The predicted octanol–water partition coefficient (Wildman–Crippen LogP) is 3.70. The molecule has 5 nitrogen and oxygen atoms in total. The molecule has 0 saturated carbocycles. The van der Waals surface area contributed by atoms with E-state index >= 15 is 0 Å². The summed E-state index contributed by atoms with van der Waals surface area (Å²) in [5.74, 6) is -0.259. The van der Waals surface area contributed by atoms with Gasteiger partial charge in [0.25, 0.3) is 5.91 Å². The van der Waals surface area contributed by atoms with E-state index in [0.717, 1.165) is 17.7 Å². The molecule has 1 amide bonds. The van der Waals surface area contributed by atoms with Gasteiger partial charge in [0.05, 0.1) is 0 Å². The van der Waals surface area contributed by atoms with Crippen LogP contribution in [0.5, 0.6) is 5.75 Å². The Hall–Kier alpha value is -2.34. The van der Waals surface area contributed by atoms with Crippen molar-refractivity contribution in [3.8, 4) is 5.75 Å². The molecule has 0 atom stereocenters. The smallest absolute Gasteiger partial charge is 0.303 e. The molecule has 0 radical (unpaired) electrons. The van der Waals surface area contributed by atoms with E-state index in [-0.39, 0.29) is 12.3 Å². The Morgan fingerprint density at radius 1 is 1.12 bits per heavy atom. The predicted molar refractivity (Wildman–Crippen MR) is 93.5 cm³/mol. The van der Waals surface area contributed by atoms with Gasteiger partial charge in [-0.3, -0.25) is 9.59 Å². The summed E-state index contributed by atoms with van der Waals surface area (Å²) in [6.45, 7) is 1.03. The Bertz CT molecular complexity index is 655. The minimum atomic E-state index is -0.779. The van der Waals surface area contributed by atoms with Crippen molar-refractivity contribution in [3.63, 3.8) is 0 Å². The monoisotopic (exact) mass is 347 g/mol. The van der Waals surface area contributed by atoms with Crippen LogP contribution in [-0.2, 0) is 11.4 Å². The fourth-order valence-electron chi connectivity index (χ4n) is 2.16. The molecule has 0 bridgehead atoms. The molecule has 2 N–H and O–H groups in total. The van der Waals surface area contributed by atoms with Crippen LogP contribution in [0.1, 0.15) is 40.9 Å². The van der Waals surface area contributed by atoms with E-state index in [1.807, 2.05) is 23.6 Å². The molecule has 1 aromatic heterocycles. The third-order valence-electron chi connectivity index (χ3n) is 3.41. The Labute approximate surface area is 145 Å². The van der Waals surface area contributed by atoms with Crippen molar-refractivity contribution in [2.75, 3.05) is 6.54 Å². The highest BCUT2D eigenvalue weighted by molar-refractivity contribution is 7.09. The van der Waals surface area contributed by atoms with Crippen molar-refractivity contribution in [2.24, 2.45) is 0 Å². The average molecular weight is 347 g/mol. The molecule has 0 aliphatic heterocycles. The molecule has 0 aliphatic rings. The maximum atomic E-state index is 12.1. The minimum Gasteiger partial charge on any atom is -0.488 e. The zero-order valence-electron chi connectivity index (χ0n) is 13.4. The highest BCUT2D eigenvalue weighted by Gasteiger charge is 2.06. The van der Waals surface area contributed by atoms with Crippen LogP contribution in [0, 0.1) is 0 Å². The highest BCUT2D eigenvalue weighted by atomic mass is 32.1. The number of aliphatic carboxylic acids is 1. The fraction of sp³-hybridized carbons (Fsp3) is 0.333. The lowest BCUT2D eigenvalue weighted by Crippen LogP contribution is -2.24. The summed E-state index contributed by atoms with van der Waals surface area (Å²) in [6.07, 6.45) is 2.37. The molecule has 2 aromatic rings. The van der Waals surface area contributed by atoms with Crippen LogP contribution in [0.4, 0.5) is 0 Å². The number of hydrogen-bond acceptors (Lipinski definition) is 4. The second-order valence-electron chi connectivity index (χ2n) is 5.36. The number of carbonyl (C=O) groups excluding carboxylic acids is 1. The zero-order valence-corrected chi connectivity index (χ0v) is 14.2. The summed E-state index contributed by atoms with van der Waals surface area (Å²) in [5.41, 5.74) is 0.559. The SMILES string of the molecule is O=C(O)CCCCCNC(=O)c1cccc(OCc2cccs2)c1. The van der Waals surface area contributed by atoms with E-state index in [0.29, 0.717) is 30.9 Å².